The van der Waals surface area contributed by atoms with Gasteiger partial charge in [0.25, 0.3) is 0 Å². The smallest absolute Gasteiger partial charge is 0.158 e. The third-order valence-corrected chi connectivity index (χ3v) is 5.39. The van der Waals surface area contributed by atoms with Crippen LogP contribution in [0.5, 0.6) is 0 Å². The summed E-state index contributed by atoms with van der Waals surface area (Å²) in [7, 11) is 0. The zero-order valence-electron chi connectivity index (χ0n) is 16.5. The van der Waals surface area contributed by atoms with Crippen LogP contribution in [0.1, 0.15) is 18.9 Å². The van der Waals surface area contributed by atoms with Crippen molar-refractivity contribution in [1.82, 2.24) is 0 Å². The van der Waals surface area contributed by atoms with Crippen LogP contribution in [0, 0.1) is 0 Å². The van der Waals surface area contributed by atoms with Gasteiger partial charge in [-0.3, -0.25) is 0 Å². The van der Waals surface area contributed by atoms with E-state index in [2.05, 4.69) is 85.0 Å². The van der Waals surface area contributed by atoms with Crippen molar-refractivity contribution in [2.75, 3.05) is 5.32 Å². The van der Waals surface area contributed by atoms with E-state index in [4.69, 9.17) is 4.42 Å². The Labute approximate surface area is 170 Å². The maximum atomic E-state index is 6.12. The standard InChI is InChI=1S/C27H23NO/c1-2-6-19-11-13-20(14-12-19)21-15-17-22(18-16-21)28-25-9-5-8-24-23-7-3-4-10-26(23)29-27(24)25/h3-5,7-18,28H,2,6H2,1H3. The molecule has 1 heterocycles. The van der Waals surface area contributed by atoms with Gasteiger partial charge < -0.3 is 9.73 Å². The van der Waals surface area contributed by atoms with Gasteiger partial charge >= 0.3 is 0 Å². The minimum absolute atomic E-state index is 0.893. The lowest BCUT2D eigenvalue weighted by atomic mass is 10.0. The normalized spacial score (nSPS) is 11.2. The Morgan fingerprint density at radius 1 is 0.690 bits per heavy atom. The molecule has 5 rings (SSSR count). The first-order valence-electron chi connectivity index (χ1n) is 10.2. The van der Waals surface area contributed by atoms with Gasteiger partial charge in [-0.1, -0.05) is 80.1 Å². The minimum atomic E-state index is 0.893. The molecule has 0 bridgehead atoms. The second-order valence-corrected chi connectivity index (χ2v) is 7.43. The molecule has 0 aliphatic carbocycles. The lowest BCUT2D eigenvalue weighted by Crippen LogP contribution is -1.90. The largest absolute Gasteiger partial charge is 0.454 e. The van der Waals surface area contributed by atoms with Crippen molar-refractivity contribution >= 4 is 33.3 Å². The van der Waals surface area contributed by atoms with E-state index in [-0.39, 0.29) is 0 Å². The van der Waals surface area contributed by atoms with Crippen LogP contribution in [-0.4, -0.2) is 0 Å². The number of hydrogen-bond donors (Lipinski definition) is 1. The molecule has 1 N–H and O–H groups in total. The first kappa shape index (κ1) is 17.6. The molecule has 0 radical (unpaired) electrons. The predicted octanol–water partition coefficient (Wildman–Crippen LogP) is 7.95. The molecule has 0 unspecified atom stereocenters. The molecular weight excluding hydrogens is 354 g/mol. The van der Waals surface area contributed by atoms with Gasteiger partial charge in [0, 0.05) is 16.5 Å². The van der Waals surface area contributed by atoms with E-state index in [0.717, 1.165) is 39.7 Å². The molecule has 1 aromatic heterocycles. The molecule has 4 aromatic carbocycles. The highest BCUT2D eigenvalue weighted by molar-refractivity contribution is 6.09. The highest BCUT2D eigenvalue weighted by atomic mass is 16.3. The van der Waals surface area contributed by atoms with Gasteiger partial charge in [0.15, 0.2) is 5.58 Å². The highest BCUT2D eigenvalue weighted by Gasteiger charge is 2.10. The molecule has 0 saturated carbocycles. The number of aryl methyl sites for hydroxylation is 1. The van der Waals surface area contributed by atoms with Crippen molar-refractivity contribution in [3.05, 3.63) is 96.6 Å². The zero-order valence-corrected chi connectivity index (χ0v) is 16.5. The number of para-hydroxylation sites is 2. The second-order valence-electron chi connectivity index (χ2n) is 7.43. The summed E-state index contributed by atoms with van der Waals surface area (Å²) >= 11 is 0. The van der Waals surface area contributed by atoms with Gasteiger partial charge in [0.2, 0.25) is 0 Å². The Morgan fingerprint density at radius 3 is 2.14 bits per heavy atom. The van der Waals surface area contributed by atoms with Crippen molar-refractivity contribution < 1.29 is 4.42 Å². The van der Waals surface area contributed by atoms with Crippen LogP contribution in [0.3, 0.4) is 0 Å². The fraction of sp³-hybridized carbons (Fsp3) is 0.111. The monoisotopic (exact) mass is 377 g/mol. The Bertz CT molecular complexity index is 1260. The van der Waals surface area contributed by atoms with E-state index < -0.39 is 0 Å². The van der Waals surface area contributed by atoms with Crippen molar-refractivity contribution in [2.45, 2.75) is 19.8 Å². The molecule has 0 aliphatic rings. The first-order chi connectivity index (χ1) is 14.3. The highest BCUT2D eigenvalue weighted by Crippen LogP contribution is 2.34. The van der Waals surface area contributed by atoms with Gasteiger partial charge in [-0.15, -0.1) is 0 Å². The van der Waals surface area contributed by atoms with Crippen LogP contribution < -0.4 is 5.32 Å². The summed E-state index contributed by atoms with van der Waals surface area (Å²) in [6.07, 6.45) is 2.31. The fourth-order valence-electron chi connectivity index (χ4n) is 3.90. The average Bonchev–Trinajstić information content (AvgIpc) is 3.15. The molecule has 2 nitrogen and oxygen atoms in total. The Kier molecular flexibility index (Phi) is 4.53. The first-order valence-corrected chi connectivity index (χ1v) is 10.2. The van der Waals surface area contributed by atoms with Crippen LogP contribution in [0.25, 0.3) is 33.1 Å². The number of anilines is 2. The summed E-state index contributed by atoms with van der Waals surface area (Å²) in [4.78, 5) is 0. The van der Waals surface area contributed by atoms with E-state index in [1.54, 1.807) is 0 Å². The Balaban J connectivity index is 1.42. The van der Waals surface area contributed by atoms with Gasteiger partial charge in [-0.25, -0.2) is 0 Å². The van der Waals surface area contributed by atoms with E-state index in [9.17, 15) is 0 Å². The van der Waals surface area contributed by atoms with Crippen LogP contribution in [0.4, 0.5) is 11.4 Å². The predicted molar refractivity (Wildman–Crippen MR) is 123 cm³/mol. The van der Waals surface area contributed by atoms with E-state index in [1.165, 1.54) is 23.1 Å². The number of hydrogen-bond acceptors (Lipinski definition) is 2. The second kappa shape index (κ2) is 7.48. The van der Waals surface area contributed by atoms with Crippen molar-refractivity contribution in [3.63, 3.8) is 0 Å². The number of nitrogens with one attached hydrogen (secondary N) is 1. The van der Waals surface area contributed by atoms with Gasteiger partial charge in [-0.2, -0.15) is 0 Å². The van der Waals surface area contributed by atoms with Gasteiger partial charge in [-0.05, 0) is 47.4 Å². The SMILES string of the molecule is CCCc1ccc(-c2ccc(Nc3cccc4c3oc3ccccc34)cc2)cc1. The summed E-state index contributed by atoms with van der Waals surface area (Å²) in [5, 5.41) is 5.80. The van der Waals surface area contributed by atoms with Crippen LogP contribution in [-0.2, 0) is 6.42 Å². The number of benzene rings is 4. The van der Waals surface area contributed by atoms with Crippen LogP contribution >= 0.6 is 0 Å². The molecule has 0 saturated heterocycles. The number of fused-ring (bicyclic) bond motifs is 3. The van der Waals surface area contributed by atoms with Crippen LogP contribution in [0.15, 0.2) is 95.4 Å². The Morgan fingerprint density at radius 2 is 1.38 bits per heavy atom. The third-order valence-electron chi connectivity index (χ3n) is 5.39. The average molecular weight is 377 g/mol. The third kappa shape index (κ3) is 3.38. The Hall–Kier alpha value is -3.52. The van der Waals surface area contributed by atoms with Crippen LogP contribution in [0.2, 0.25) is 0 Å². The van der Waals surface area contributed by atoms with Gasteiger partial charge in [0.1, 0.15) is 5.58 Å². The van der Waals surface area contributed by atoms with Crippen molar-refractivity contribution in [3.8, 4) is 11.1 Å². The molecule has 0 amide bonds. The molecule has 0 fully saturated rings. The molecule has 5 aromatic rings. The lowest BCUT2D eigenvalue weighted by molar-refractivity contribution is 0.670. The van der Waals surface area contributed by atoms with Crippen molar-refractivity contribution in [2.24, 2.45) is 0 Å². The summed E-state index contributed by atoms with van der Waals surface area (Å²) in [6.45, 7) is 2.21. The quantitative estimate of drug-likeness (QED) is 0.336. The topological polar surface area (TPSA) is 25.2 Å². The molecule has 0 aliphatic heterocycles. The van der Waals surface area contributed by atoms with E-state index in [0.29, 0.717) is 0 Å². The molecule has 142 valence electrons. The van der Waals surface area contributed by atoms with E-state index >= 15 is 0 Å². The summed E-state index contributed by atoms with van der Waals surface area (Å²) in [5.41, 5.74) is 7.70. The summed E-state index contributed by atoms with van der Waals surface area (Å²) < 4.78 is 6.12. The lowest BCUT2D eigenvalue weighted by Gasteiger charge is -2.09. The molecular formula is C27H23NO. The molecule has 0 atom stereocenters. The zero-order chi connectivity index (χ0) is 19.6. The van der Waals surface area contributed by atoms with E-state index in [1.807, 2.05) is 18.2 Å². The number of rotatable bonds is 5. The van der Waals surface area contributed by atoms with Gasteiger partial charge in [0.05, 0.1) is 5.69 Å². The fourth-order valence-corrected chi connectivity index (χ4v) is 3.90. The minimum Gasteiger partial charge on any atom is -0.454 e. The van der Waals surface area contributed by atoms with Crippen molar-refractivity contribution in [1.29, 1.82) is 0 Å². The molecule has 29 heavy (non-hydrogen) atoms. The summed E-state index contributed by atoms with van der Waals surface area (Å²) in [6, 6.07) is 31.9. The number of furan rings is 1. The molecule has 2 heteroatoms. The summed E-state index contributed by atoms with van der Waals surface area (Å²) in [5.74, 6) is 0. The molecule has 0 spiro atoms. The maximum absolute atomic E-state index is 6.12. The maximum Gasteiger partial charge on any atom is 0.158 e.